The molecule has 1 saturated heterocycles. The van der Waals surface area contributed by atoms with Gasteiger partial charge in [-0.05, 0) is 31.7 Å². The number of nitrogens with one attached hydrogen (secondary N) is 1. The minimum absolute atomic E-state index is 0.0469. The third-order valence-corrected chi connectivity index (χ3v) is 4.43. The molecule has 2 aromatic heterocycles. The zero-order valence-electron chi connectivity index (χ0n) is 15.1. The topological polar surface area (TPSA) is 75.9 Å². The molecule has 0 unspecified atom stereocenters. The number of carbonyl (C=O) groups is 1. The number of aromatic nitrogens is 4. The van der Waals surface area contributed by atoms with Crippen LogP contribution in [0.5, 0.6) is 0 Å². The largest absolute Gasteiger partial charge is 0.356 e. The van der Waals surface area contributed by atoms with Gasteiger partial charge in [-0.25, -0.2) is 14.6 Å². The van der Waals surface area contributed by atoms with Gasteiger partial charge >= 0.3 is 0 Å². The van der Waals surface area contributed by atoms with Gasteiger partial charge in [0.1, 0.15) is 17.5 Å². The summed E-state index contributed by atoms with van der Waals surface area (Å²) in [6.45, 7) is 7.83. The smallest absolute Gasteiger partial charge is 0.225 e. The fraction of sp³-hybridized carbons (Fsp3) is 0.556. The third-order valence-electron chi connectivity index (χ3n) is 4.43. The molecule has 2 aromatic rings. The summed E-state index contributed by atoms with van der Waals surface area (Å²) in [6, 6.07) is 4.13. The maximum absolute atomic E-state index is 12.1. The van der Waals surface area contributed by atoms with E-state index >= 15 is 0 Å². The number of hydrogen-bond donors (Lipinski definition) is 1. The second-order valence-electron chi connectivity index (χ2n) is 6.99. The molecular weight excluding hydrogens is 316 g/mol. The van der Waals surface area contributed by atoms with Gasteiger partial charge in [-0.2, -0.15) is 5.10 Å². The molecule has 0 aromatic carbocycles. The van der Waals surface area contributed by atoms with E-state index in [2.05, 4.69) is 25.3 Å². The van der Waals surface area contributed by atoms with Crippen LogP contribution in [0, 0.1) is 12.8 Å². The minimum Gasteiger partial charge on any atom is -0.356 e. The van der Waals surface area contributed by atoms with Crippen LogP contribution < -0.4 is 10.2 Å². The van der Waals surface area contributed by atoms with E-state index in [1.54, 1.807) is 12.4 Å². The first-order valence-corrected chi connectivity index (χ1v) is 8.91. The van der Waals surface area contributed by atoms with Crippen molar-refractivity contribution >= 4 is 17.5 Å². The minimum atomic E-state index is 0.0469. The van der Waals surface area contributed by atoms with Crippen molar-refractivity contribution in [3.05, 3.63) is 30.4 Å². The Morgan fingerprint density at radius 3 is 2.72 bits per heavy atom. The Bertz CT molecular complexity index is 718. The van der Waals surface area contributed by atoms with Crippen LogP contribution in [0.2, 0.25) is 0 Å². The highest BCUT2D eigenvalue weighted by Crippen LogP contribution is 2.27. The Kier molecular flexibility index (Phi) is 5.31. The molecule has 0 saturated carbocycles. The molecule has 0 spiro atoms. The summed E-state index contributed by atoms with van der Waals surface area (Å²) in [5.74, 6) is 2.96. The van der Waals surface area contributed by atoms with Crippen molar-refractivity contribution in [1.29, 1.82) is 0 Å². The van der Waals surface area contributed by atoms with Crippen molar-refractivity contribution in [1.82, 2.24) is 19.7 Å². The van der Waals surface area contributed by atoms with Gasteiger partial charge in [0.05, 0.1) is 12.2 Å². The number of carbonyl (C=O) groups excluding carboxylic acids is 1. The van der Waals surface area contributed by atoms with Gasteiger partial charge in [-0.15, -0.1) is 0 Å². The monoisotopic (exact) mass is 342 g/mol. The van der Waals surface area contributed by atoms with E-state index in [0.717, 1.165) is 43.4 Å². The van der Waals surface area contributed by atoms with Gasteiger partial charge in [-0.3, -0.25) is 4.79 Å². The van der Waals surface area contributed by atoms with Crippen molar-refractivity contribution in [2.24, 2.45) is 5.92 Å². The predicted octanol–water partition coefficient (Wildman–Crippen LogP) is 2.81. The summed E-state index contributed by atoms with van der Waals surface area (Å²) in [5.41, 5.74) is 0. The molecule has 1 aliphatic rings. The number of piperidine rings is 1. The zero-order valence-corrected chi connectivity index (χ0v) is 15.1. The fourth-order valence-electron chi connectivity index (χ4n) is 3.23. The van der Waals surface area contributed by atoms with E-state index < -0.39 is 0 Å². The van der Waals surface area contributed by atoms with Crippen LogP contribution in [0.4, 0.5) is 11.6 Å². The number of amides is 1. The first kappa shape index (κ1) is 17.4. The average molecular weight is 342 g/mol. The van der Waals surface area contributed by atoms with Crippen LogP contribution in [0.1, 0.15) is 45.0 Å². The maximum atomic E-state index is 12.1. The quantitative estimate of drug-likeness (QED) is 0.904. The van der Waals surface area contributed by atoms with Gasteiger partial charge in [0.25, 0.3) is 0 Å². The molecule has 134 valence electrons. The van der Waals surface area contributed by atoms with Crippen molar-refractivity contribution in [2.45, 2.75) is 46.1 Å². The van der Waals surface area contributed by atoms with E-state index in [-0.39, 0.29) is 5.91 Å². The standard InChI is InChI=1S/C18H26N6O/c1-13(2)12-18(25)22-17-5-9-20-24(17)15-6-10-23(11-7-15)16-4-8-19-14(3)21-16/h4-5,8-9,13,15H,6-7,10-12H2,1-3H3,(H,22,25). The summed E-state index contributed by atoms with van der Waals surface area (Å²) >= 11 is 0. The van der Waals surface area contributed by atoms with Gasteiger partial charge in [-0.1, -0.05) is 13.8 Å². The Hall–Kier alpha value is -2.44. The van der Waals surface area contributed by atoms with Gasteiger partial charge in [0.15, 0.2) is 0 Å². The highest BCUT2D eigenvalue weighted by atomic mass is 16.1. The van der Waals surface area contributed by atoms with Crippen LogP contribution in [-0.2, 0) is 4.79 Å². The molecule has 0 atom stereocenters. The highest BCUT2D eigenvalue weighted by molar-refractivity contribution is 5.89. The molecular formula is C18H26N6O. The molecule has 7 heteroatoms. The normalized spacial score (nSPS) is 15.6. The summed E-state index contributed by atoms with van der Waals surface area (Å²) in [5, 5.41) is 7.44. The van der Waals surface area contributed by atoms with E-state index in [9.17, 15) is 4.79 Å². The predicted molar refractivity (Wildman–Crippen MR) is 97.6 cm³/mol. The van der Waals surface area contributed by atoms with E-state index in [0.29, 0.717) is 18.4 Å². The summed E-state index contributed by atoms with van der Waals surface area (Å²) in [4.78, 5) is 23.0. The van der Waals surface area contributed by atoms with Crippen LogP contribution in [0.15, 0.2) is 24.5 Å². The molecule has 1 fully saturated rings. The first-order chi connectivity index (χ1) is 12.0. The molecule has 1 amide bonds. The maximum Gasteiger partial charge on any atom is 0.225 e. The number of hydrogen-bond acceptors (Lipinski definition) is 5. The zero-order chi connectivity index (χ0) is 17.8. The molecule has 0 bridgehead atoms. The molecule has 0 aliphatic carbocycles. The lowest BCUT2D eigenvalue weighted by atomic mass is 10.1. The molecule has 25 heavy (non-hydrogen) atoms. The van der Waals surface area contributed by atoms with Crippen molar-refractivity contribution < 1.29 is 4.79 Å². The number of rotatable bonds is 5. The summed E-state index contributed by atoms with van der Waals surface area (Å²) in [7, 11) is 0. The van der Waals surface area contributed by atoms with Crippen LogP contribution in [-0.4, -0.2) is 38.7 Å². The van der Waals surface area contributed by atoms with Crippen molar-refractivity contribution in [3.63, 3.8) is 0 Å². The molecule has 1 aliphatic heterocycles. The van der Waals surface area contributed by atoms with E-state index in [4.69, 9.17) is 0 Å². The van der Waals surface area contributed by atoms with Crippen molar-refractivity contribution in [2.75, 3.05) is 23.3 Å². The van der Waals surface area contributed by atoms with Gasteiger partial charge in [0.2, 0.25) is 5.91 Å². The highest BCUT2D eigenvalue weighted by Gasteiger charge is 2.24. The van der Waals surface area contributed by atoms with Crippen molar-refractivity contribution in [3.8, 4) is 0 Å². The lowest BCUT2D eigenvalue weighted by Crippen LogP contribution is -2.36. The Morgan fingerprint density at radius 1 is 1.28 bits per heavy atom. The Morgan fingerprint density at radius 2 is 2.04 bits per heavy atom. The first-order valence-electron chi connectivity index (χ1n) is 8.91. The molecule has 0 radical (unpaired) electrons. The summed E-state index contributed by atoms with van der Waals surface area (Å²) < 4.78 is 1.96. The Balaban J connectivity index is 1.62. The number of anilines is 2. The summed E-state index contributed by atoms with van der Waals surface area (Å²) in [6.07, 6.45) is 6.02. The Labute approximate surface area is 148 Å². The molecule has 1 N–H and O–H groups in total. The second-order valence-corrected chi connectivity index (χ2v) is 6.99. The number of aryl methyl sites for hydroxylation is 1. The second kappa shape index (κ2) is 7.63. The van der Waals surface area contributed by atoms with E-state index in [1.807, 2.05) is 37.6 Å². The molecule has 7 nitrogen and oxygen atoms in total. The van der Waals surface area contributed by atoms with Crippen LogP contribution in [0.3, 0.4) is 0 Å². The lowest BCUT2D eigenvalue weighted by Gasteiger charge is -2.33. The molecule has 3 rings (SSSR count). The van der Waals surface area contributed by atoms with E-state index in [1.165, 1.54) is 0 Å². The third kappa shape index (κ3) is 4.35. The van der Waals surface area contributed by atoms with Gasteiger partial charge < -0.3 is 10.2 Å². The van der Waals surface area contributed by atoms with Gasteiger partial charge in [0, 0.05) is 31.8 Å². The SMILES string of the molecule is Cc1nccc(N2CCC(n3nccc3NC(=O)CC(C)C)CC2)n1. The van der Waals surface area contributed by atoms with Crippen LogP contribution in [0.25, 0.3) is 0 Å². The van der Waals surface area contributed by atoms with Crippen LogP contribution >= 0.6 is 0 Å². The molecule has 3 heterocycles. The lowest BCUT2D eigenvalue weighted by molar-refractivity contribution is -0.116. The fourth-order valence-corrected chi connectivity index (χ4v) is 3.23. The number of nitrogens with zero attached hydrogens (tertiary/aromatic N) is 5. The average Bonchev–Trinajstić information content (AvgIpc) is 3.02.